The van der Waals surface area contributed by atoms with Crippen LogP contribution < -0.4 is 10.6 Å². The normalized spacial score (nSPS) is 11.4. The highest BCUT2D eigenvalue weighted by atomic mass is 32.1. The molecule has 0 saturated carbocycles. The molecule has 0 aliphatic rings. The van der Waals surface area contributed by atoms with Gasteiger partial charge < -0.3 is 10.6 Å². The number of nitrogens with two attached hydrogens (primary N) is 1. The first-order valence-electron chi connectivity index (χ1n) is 5.96. The summed E-state index contributed by atoms with van der Waals surface area (Å²) < 4.78 is 37.9. The number of rotatable bonds is 5. The van der Waals surface area contributed by atoms with Gasteiger partial charge in [0.05, 0.1) is 0 Å². The molecule has 0 spiro atoms. The second kappa shape index (κ2) is 6.23. The van der Waals surface area contributed by atoms with Gasteiger partial charge in [-0.05, 0) is 25.5 Å². The van der Waals surface area contributed by atoms with Crippen LogP contribution in [0.3, 0.4) is 0 Å². The summed E-state index contributed by atoms with van der Waals surface area (Å²) >= 11 is 4.92. The van der Waals surface area contributed by atoms with Gasteiger partial charge in [0.1, 0.15) is 11.5 Å². The van der Waals surface area contributed by atoms with Crippen LogP contribution >= 0.6 is 12.2 Å². The fourth-order valence-corrected chi connectivity index (χ4v) is 2.06. The van der Waals surface area contributed by atoms with E-state index in [-0.39, 0.29) is 4.99 Å². The van der Waals surface area contributed by atoms with Crippen LogP contribution in [0, 0.1) is 6.92 Å². The smallest absolute Gasteiger partial charge is 0.389 e. The Morgan fingerprint density at radius 2 is 2.00 bits per heavy atom. The van der Waals surface area contributed by atoms with E-state index in [1.54, 1.807) is 18.2 Å². The topological polar surface area (TPSA) is 29.3 Å². The van der Waals surface area contributed by atoms with Crippen LogP contribution in [0.2, 0.25) is 0 Å². The number of halogens is 3. The van der Waals surface area contributed by atoms with E-state index in [0.29, 0.717) is 24.2 Å². The van der Waals surface area contributed by atoms with Crippen molar-refractivity contribution in [2.45, 2.75) is 26.4 Å². The number of alkyl halides is 3. The first-order chi connectivity index (χ1) is 8.74. The SMILES string of the molecule is CCCN(CC(F)(F)F)c1ccc(C)cc1C(N)=S. The summed E-state index contributed by atoms with van der Waals surface area (Å²) in [7, 11) is 0. The molecule has 1 rings (SSSR count). The van der Waals surface area contributed by atoms with Crippen molar-refractivity contribution in [3.8, 4) is 0 Å². The first kappa shape index (κ1) is 15.8. The highest BCUT2D eigenvalue weighted by molar-refractivity contribution is 7.80. The molecule has 0 aliphatic heterocycles. The van der Waals surface area contributed by atoms with Crippen LogP contribution in [-0.4, -0.2) is 24.3 Å². The monoisotopic (exact) mass is 290 g/mol. The van der Waals surface area contributed by atoms with Gasteiger partial charge in [0.25, 0.3) is 0 Å². The lowest BCUT2D eigenvalue weighted by Crippen LogP contribution is -2.36. The quantitative estimate of drug-likeness (QED) is 0.843. The number of hydrogen-bond donors (Lipinski definition) is 1. The summed E-state index contributed by atoms with van der Waals surface area (Å²) in [6, 6.07) is 5.12. The maximum absolute atomic E-state index is 12.6. The Morgan fingerprint density at radius 1 is 1.37 bits per heavy atom. The Hall–Kier alpha value is -1.30. The van der Waals surface area contributed by atoms with Crippen molar-refractivity contribution in [1.29, 1.82) is 0 Å². The van der Waals surface area contributed by atoms with Crippen LogP contribution in [-0.2, 0) is 0 Å². The first-order valence-corrected chi connectivity index (χ1v) is 6.37. The maximum Gasteiger partial charge on any atom is 0.405 e. The molecule has 0 radical (unpaired) electrons. The van der Waals surface area contributed by atoms with E-state index in [4.69, 9.17) is 18.0 Å². The third-order valence-electron chi connectivity index (χ3n) is 2.62. The minimum absolute atomic E-state index is 0.113. The Bertz CT molecular complexity index is 458. The fourth-order valence-electron chi connectivity index (χ4n) is 1.89. The molecule has 0 unspecified atom stereocenters. The van der Waals surface area contributed by atoms with Gasteiger partial charge in [-0.2, -0.15) is 13.2 Å². The zero-order valence-corrected chi connectivity index (χ0v) is 11.7. The van der Waals surface area contributed by atoms with E-state index in [1.807, 2.05) is 13.8 Å². The van der Waals surface area contributed by atoms with Crippen molar-refractivity contribution >= 4 is 22.9 Å². The molecule has 2 nitrogen and oxygen atoms in total. The molecule has 2 N–H and O–H groups in total. The molecule has 6 heteroatoms. The summed E-state index contributed by atoms with van der Waals surface area (Å²) in [5.74, 6) is 0. The molecule has 0 aromatic heterocycles. The van der Waals surface area contributed by atoms with Crippen LogP contribution in [0.15, 0.2) is 18.2 Å². The number of anilines is 1. The average Bonchev–Trinajstić information content (AvgIpc) is 2.26. The van der Waals surface area contributed by atoms with Crippen molar-refractivity contribution in [2.75, 3.05) is 18.0 Å². The van der Waals surface area contributed by atoms with Crippen molar-refractivity contribution in [3.63, 3.8) is 0 Å². The molecule has 0 saturated heterocycles. The lowest BCUT2D eigenvalue weighted by molar-refractivity contribution is -0.119. The van der Waals surface area contributed by atoms with E-state index in [0.717, 1.165) is 5.56 Å². The Balaban J connectivity index is 3.18. The van der Waals surface area contributed by atoms with Crippen molar-refractivity contribution in [2.24, 2.45) is 5.73 Å². The molecule has 0 amide bonds. The highest BCUT2D eigenvalue weighted by Crippen LogP contribution is 2.26. The van der Waals surface area contributed by atoms with E-state index in [9.17, 15) is 13.2 Å². The van der Waals surface area contributed by atoms with Crippen LogP contribution in [0.25, 0.3) is 0 Å². The predicted octanol–water partition coefficient (Wildman–Crippen LogP) is 3.41. The largest absolute Gasteiger partial charge is 0.405 e. The Morgan fingerprint density at radius 3 is 2.47 bits per heavy atom. The number of benzene rings is 1. The number of aryl methyl sites for hydroxylation is 1. The number of nitrogens with zero attached hydrogens (tertiary/aromatic N) is 1. The van der Waals surface area contributed by atoms with Crippen LogP contribution in [0.5, 0.6) is 0 Å². The Labute approximate surface area is 116 Å². The molecule has 0 atom stereocenters. The zero-order chi connectivity index (χ0) is 14.6. The highest BCUT2D eigenvalue weighted by Gasteiger charge is 2.31. The molecule has 19 heavy (non-hydrogen) atoms. The summed E-state index contributed by atoms with van der Waals surface area (Å²) in [4.78, 5) is 1.38. The molecule has 106 valence electrons. The van der Waals surface area contributed by atoms with Gasteiger partial charge in [0, 0.05) is 17.8 Å². The molecular weight excluding hydrogens is 273 g/mol. The van der Waals surface area contributed by atoms with Gasteiger partial charge >= 0.3 is 6.18 Å². The van der Waals surface area contributed by atoms with E-state index >= 15 is 0 Å². The van der Waals surface area contributed by atoms with E-state index in [2.05, 4.69) is 0 Å². The lowest BCUT2D eigenvalue weighted by Gasteiger charge is -2.27. The lowest BCUT2D eigenvalue weighted by atomic mass is 10.1. The van der Waals surface area contributed by atoms with Gasteiger partial charge in [0.2, 0.25) is 0 Å². The Kier molecular flexibility index (Phi) is 5.17. The fraction of sp³-hybridized carbons (Fsp3) is 0.462. The molecule has 1 aromatic rings. The van der Waals surface area contributed by atoms with E-state index < -0.39 is 12.7 Å². The van der Waals surface area contributed by atoms with Crippen molar-refractivity contribution in [1.82, 2.24) is 0 Å². The molecule has 0 aliphatic carbocycles. The standard InChI is InChI=1S/C13H17F3N2S/c1-3-6-18(8-13(14,15)16)11-5-4-9(2)7-10(11)12(17)19/h4-5,7H,3,6,8H2,1-2H3,(H2,17,19). The van der Waals surface area contributed by atoms with Gasteiger partial charge in [-0.1, -0.05) is 30.8 Å². The number of thiocarbonyl (C=S) groups is 1. The summed E-state index contributed by atoms with van der Waals surface area (Å²) in [5, 5.41) is 0. The van der Waals surface area contributed by atoms with Crippen LogP contribution in [0.1, 0.15) is 24.5 Å². The second-order valence-corrected chi connectivity index (χ2v) is 4.86. The summed E-state index contributed by atoms with van der Waals surface area (Å²) in [6.45, 7) is 2.98. The number of hydrogen-bond acceptors (Lipinski definition) is 2. The molecule has 0 fully saturated rings. The second-order valence-electron chi connectivity index (χ2n) is 4.42. The maximum atomic E-state index is 12.6. The van der Waals surface area contributed by atoms with Crippen molar-refractivity contribution < 1.29 is 13.2 Å². The average molecular weight is 290 g/mol. The molecule has 0 bridgehead atoms. The van der Waals surface area contributed by atoms with E-state index in [1.165, 1.54) is 4.90 Å². The summed E-state index contributed by atoms with van der Waals surface area (Å²) in [6.07, 6.45) is -3.64. The zero-order valence-electron chi connectivity index (χ0n) is 10.9. The minimum Gasteiger partial charge on any atom is -0.389 e. The predicted molar refractivity (Wildman–Crippen MR) is 75.6 cm³/mol. The summed E-state index contributed by atoms with van der Waals surface area (Å²) in [5.41, 5.74) is 7.45. The molecular formula is C13H17F3N2S. The third kappa shape index (κ3) is 4.70. The molecule has 1 aromatic carbocycles. The van der Waals surface area contributed by atoms with Crippen LogP contribution in [0.4, 0.5) is 18.9 Å². The van der Waals surface area contributed by atoms with Gasteiger partial charge in [-0.3, -0.25) is 0 Å². The van der Waals surface area contributed by atoms with Gasteiger partial charge in [0.15, 0.2) is 0 Å². The van der Waals surface area contributed by atoms with Crippen molar-refractivity contribution in [3.05, 3.63) is 29.3 Å². The van der Waals surface area contributed by atoms with Gasteiger partial charge in [-0.25, -0.2) is 0 Å². The third-order valence-corrected chi connectivity index (χ3v) is 2.84. The molecule has 0 heterocycles. The minimum atomic E-state index is -4.26. The van der Waals surface area contributed by atoms with Gasteiger partial charge in [-0.15, -0.1) is 0 Å².